The number of ether oxygens (including phenoxy) is 1. The van der Waals surface area contributed by atoms with Gasteiger partial charge in [0.05, 0.1) is 13.7 Å². The molecule has 5 nitrogen and oxygen atoms in total. The predicted molar refractivity (Wildman–Crippen MR) is 113 cm³/mol. The number of hydrogen-bond acceptors (Lipinski definition) is 3. The lowest BCUT2D eigenvalue weighted by atomic mass is 9.78. The fourth-order valence-electron chi connectivity index (χ4n) is 3.90. The second-order valence-electron chi connectivity index (χ2n) is 7.16. The lowest BCUT2D eigenvalue weighted by Crippen LogP contribution is -2.43. The molecule has 2 N–H and O–H groups in total. The van der Waals surface area contributed by atoms with Crippen LogP contribution in [-0.2, 0) is 10.2 Å². The minimum atomic E-state index is -0.267. The van der Waals surface area contributed by atoms with Crippen LogP contribution in [0.1, 0.15) is 41.6 Å². The zero-order valence-corrected chi connectivity index (χ0v) is 17.6. The van der Waals surface area contributed by atoms with Crippen LogP contribution in [0, 0.1) is 0 Å². The Morgan fingerprint density at radius 3 is 2.54 bits per heavy atom. The smallest absolute Gasteiger partial charge is 0.251 e. The van der Waals surface area contributed by atoms with Crippen LogP contribution in [0.5, 0.6) is 5.75 Å². The Balaban J connectivity index is 1.60. The van der Waals surface area contributed by atoms with Gasteiger partial charge in [0.1, 0.15) is 5.75 Å². The number of hydrogen-bond donors (Lipinski definition) is 2. The van der Waals surface area contributed by atoms with Gasteiger partial charge in [-0.3, -0.25) is 9.59 Å². The van der Waals surface area contributed by atoms with Gasteiger partial charge >= 0.3 is 0 Å². The molecule has 148 valence electrons. The van der Waals surface area contributed by atoms with Crippen LogP contribution in [-0.4, -0.2) is 32.0 Å². The molecule has 6 heteroatoms. The Bertz CT molecular complexity index is 847. The van der Waals surface area contributed by atoms with Gasteiger partial charge in [-0.15, -0.1) is 0 Å². The second kappa shape index (κ2) is 9.24. The van der Waals surface area contributed by atoms with E-state index in [9.17, 15) is 9.59 Å². The Kier molecular flexibility index (Phi) is 6.73. The third-order valence-corrected chi connectivity index (χ3v) is 5.85. The summed E-state index contributed by atoms with van der Waals surface area (Å²) in [5.74, 6) is 0.405. The van der Waals surface area contributed by atoms with E-state index >= 15 is 0 Å². The molecule has 0 saturated heterocycles. The average molecular weight is 445 g/mol. The van der Waals surface area contributed by atoms with Crippen molar-refractivity contribution in [2.45, 2.75) is 31.1 Å². The summed E-state index contributed by atoms with van der Waals surface area (Å²) < 4.78 is 6.38. The first kappa shape index (κ1) is 20.4. The fourth-order valence-corrected chi connectivity index (χ4v) is 4.30. The van der Waals surface area contributed by atoms with E-state index < -0.39 is 0 Å². The van der Waals surface area contributed by atoms with Gasteiger partial charge in [0.25, 0.3) is 5.91 Å². The molecular weight excluding hydrogens is 420 g/mol. The van der Waals surface area contributed by atoms with E-state index in [0.29, 0.717) is 12.1 Å². The number of nitrogens with one attached hydrogen (secondary N) is 2. The van der Waals surface area contributed by atoms with Gasteiger partial charge in [-0.05, 0) is 37.1 Å². The molecule has 1 aliphatic rings. The highest BCUT2D eigenvalue weighted by atomic mass is 79.9. The summed E-state index contributed by atoms with van der Waals surface area (Å²) in [5.41, 5.74) is 1.55. The van der Waals surface area contributed by atoms with Crippen LogP contribution in [0.15, 0.2) is 53.0 Å². The highest BCUT2D eigenvalue weighted by Gasteiger charge is 2.37. The molecule has 3 rings (SSSR count). The minimum absolute atomic E-state index is 0.0483. The molecule has 1 fully saturated rings. The Hall–Kier alpha value is -2.34. The second-order valence-corrected chi connectivity index (χ2v) is 8.07. The molecule has 0 bridgehead atoms. The number of methoxy groups -OCH3 is 1. The number of benzene rings is 2. The fraction of sp³-hybridized carbons (Fsp3) is 0.364. The van der Waals surface area contributed by atoms with Gasteiger partial charge in [-0.2, -0.15) is 0 Å². The van der Waals surface area contributed by atoms with E-state index in [1.807, 2.05) is 24.3 Å². The van der Waals surface area contributed by atoms with Crippen molar-refractivity contribution in [1.82, 2.24) is 10.6 Å². The van der Waals surface area contributed by atoms with E-state index in [0.717, 1.165) is 41.5 Å². The summed E-state index contributed by atoms with van der Waals surface area (Å²) in [6.45, 7) is 0.492. The number of carbonyl (C=O) groups is 2. The number of halogens is 1. The lowest BCUT2D eigenvalue weighted by molar-refractivity contribution is -0.120. The van der Waals surface area contributed by atoms with Crippen LogP contribution in [0.4, 0.5) is 0 Å². The van der Waals surface area contributed by atoms with Crippen LogP contribution >= 0.6 is 15.9 Å². The third-order valence-electron chi connectivity index (χ3n) is 5.36. The molecule has 0 radical (unpaired) electrons. The monoisotopic (exact) mass is 444 g/mol. The maximum Gasteiger partial charge on any atom is 0.251 e. The van der Waals surface area contributed by atoms with Crippen molar-refractivity contribution in [3.63, 3.8) is 0 Å². The van der Waals surface area contributed by atoms with E-state index in [1.165, 1.54) is 0 Å². The first-order valence-corrected chi connectivity index (χ1v) is 10.3. The first-order valence-electron chi connectivity index (χ1n) is 9.48. The Labute approximate surface area is 174 Å². The summed E-state index contributed by atoms with van der Waals surface area (Å²) in [6, 6.07) is 15.1. The van der Waals surface area contributed by atoms with Gasteiger partial charge in [-0.1, -0.05) is 53.0 Å². The maximum absolute atomic E-state index is 12.4. The minimum Gasteiger partial charge on any atom is -0.496 e. The molecule has 2 amide bonds. The van der Waals surface area contributed by atoms with Crippen LogP contribution in [0.2, 0.25) is 0 Å². The van der Waals surface area contributed by atoms with Crippen molar-refractivity contribution in [1.29, 1.82) is 0 Å². The summed E-state index contributed by atoms with van der Waals surface area (Å²) in [7, 11) is 1.68. The SMILES string of the molecule is COc1ccccc1C1(CNC(=O)CNC(=O)c2cccc(Br)c2)CCCC1. The quantitative estimate of drug-likeness (QED) is 0.681. The van der Waals surface area contributed by atoms with Crippen molar-refractivity contribution in [2.75, 3.05) is 20.2 Å². The van der Waals surface area contributed by atoms with E-state index in [-0.39, 0.29) is 23.8 Å². The third kappa shape index (κ3) is 4.73. The van der Waals surface area contributed by atoms with Crippen molar-refractivity contribution in [2.24, 2.45) is 0 Å². The molecule has 2 aromatic carbocycles. The number of carbonyl (C=O) groups excluding carboxylic acids is 2. The van der Waals surface area contributed by atoms with Gasteiger partial charge in [0, 0.05) is 27.6 Å². The molecule has 28 heavy (non-hydrogen) atoms. The van der Waals surface area contributed by atoms with Crippen LogP contribution in [0.3, 0.4) is 0 Å². The standard InChI is InChI=1S/C22H25BrN2O3/c1-28-19-10-3-2-9-18(19)22(11-4-5-12-22)15-25-20(26)14-24-21(27)16-7-6-8-17(23)13-16/h2-3,6-10,13H,4-5,11-12,14-15H2,1H3,(H,24,27)(H,25,26). The number of amides is 2. The van der Waals surface area contributed by atoms with Gasteiger partial charge in [0.2, 0.25) is 5.91 Å². The summed E-state index contributed by atoms with van der Waals surface area (Å²) >= 11 is 3.34. The normalized spacial score (nSPS) is 15.1. The van der Waals surface area contributed by atoms with Gasteiger partial charge in [-0.25, -0.2) is 0 Å². The number of para-hydroxylation sites is 1. The zero-order chi connectivity index (χ0) is 20.0. The topological polar surface area (TPSA) is 67.4 Å². The van der Waals surface area contributed by atoms with Crippen molar-refractivity contribution < 1.29 is 14.3 Å². The van der Waals surface area contributed by atoms with E-state index in [1.54, 1.807) is 25.3 Å². The molecule has 0 aliphatic heterocycles. The van der Waals surface area contributed by atoms with E-state index in [2.05, 4.69) is 32.6 Å². The van der Waals surface area contributed by atoms with Gasteiger partial charge < -0.3 is 15.4 Å². The molecule has 1 saturated carbocycles. The molecule has 0 atom stereocenters. The van der Waals surface area contributed by atoms with E-state index in [4.69, 9.17) is 4.74 Å². The van der Waals surface area contributed by atoms with Crippen molar-refractivity contribution >= 4 is 27.7 Å². The Morgan fingerprint density at radius 2 is 1.82 bits per heavy atom. The lowest BCUT2D eigenvalue weighted by Gasteiger charge is -2.31. The number of rotatable bonds is 7. The maximum atomic E-state index is 12.4. The van der Waals surface area contributed by atoms with Crippen molar-refractivity contribution in [3.05, 3.63) is 64.1 Å². The van der Waals surface area contributed by atoms with Crippen LogP contribution in [0.25, 0.3) is 0 Å². The molecule has 0 aromatic heterocycles. The molecule has 0 heterocycles. The predicted octanol–water partition coefficient (Wildman–Crippen LogP) is 3.82. The molecular formula is C22H25BrN2O3. The zero-order valence-electron chi connectivity index (χ0n) is 16.0. The highest BCUT2D eigenvalue weighted by molar-refractivity contribution is 9.10. The summed E-state index contributed by atoms with van der Waals surface area (Å²) in [4.78, 5) is 24.6. The summed E-state index contributed by atoms with van der Waals surface area (Å²) in [6.07, 6.45) is 4.29. The average Bonchev–Trinajstić information content (AvgIpc) is 3.20. The van der Waals surface area contributed by atoms with Crippen molar-refractivity contribution in [3.8, 4) is 5.75 Å². The first-order chi connectivity index (χ1) is 13.5. The largest absolute Gasteiger partial charge is 0.496 e. The van der Waals surface area contributed by atoms with Gasteiger partial charge in [0.15, 0.2) is 0 Å². The van der Waals surface area contributed by atoms with Crippen LogP contribution < -0.4 is 15.4 Å². The molecule has 0 spiro atoms. The molecule has 1 aliphatic carbocycles. The Morgan fingerprint density at radius 1 is 1.07 bits per heavy atom. The highest BCUT2D eigenvalue weighted by Crippen LogP contribution is 2.44. The molecule has 0 unspecified atom stereocenters. The summed E-state index contributed by atoms with van der Waals surface area (Å²) in [5, 5.41) is 5.69. The molecule has 2 aromatic rings.